The van der Waals surface area contributed by atoms with E-state index in [1.54, 1.807) is 0 Å². The molecule has 0 aliphatic carbocycles. The van der Waals surface area contributed by atoms with Gasteiger partial charge in [-0.15, -0.1) is 11.3 Å². The highest BCUT2D eigenvalue weighted by Gasteiger charge is 2.05. The molecule has 0 amide bonds. The zero-order valence-electron chi connectivity index (χ0n) is 11.5. The van der Waals surface area contributed by atoms with Gasteiger partial charge in [0.2, 0.25) is 0 Å². The van der Waals surface area contributed by atoms with Crippen LogP contribution >= 0.6 is 11.3 Å². The first kappa shape index (κ1) is 14.3. The Labute approximate surface area is 119 Å². The second-order valence-electron chi connectivity index (χ2n) is 4.87. The molecule has 1 heterocycles. The van der Waals surface area contributed by atoms with Gasteiger partial charge in [-0.25, -0.2) is 0 Å². The molecule has 2 N–H and O–H groups in total. The molecule has 3 heteroatoms. The Hall–Kier alpha value is -1.16. The van der Waals surface area contributed by atoms with Gasteiger partial charge >= 0.3 is 0 Å². The minimum atomic E-state index is 0.718. The summed E-state index contributed by atoms with van der Waals surface area (Å²) in [5.41, 5.74) is 8.46. The average Bonchev–Trinajstić information content (AvgIpc) is 2.92. The molecule has 2 rings (SSSR count). The van der Waals surface area contributed by atoms with Gasteiger partial charge in [0.05, 0.1) is 0 Å². The molecular weight excluding hydrogens is 252 g/mol. The van der Waals surface area contributed by atoms with Gasteiger partial charge in [0, 0.05) is 18.0 Å². The molecule has 0 atom stereocenters. The van der Waals surface area contributed by atoms with Gasteiger partial charge in [-0.3, -0.25) is 0 Å². The van der Waals surface area contributed by atoms with Crippen molar-refractivity contribution in [3.05, 3.63) is 57.8 Å². The second kappa shape index (κ2) is 7.43. The molecule has 2 nitrogen and oxygen atoms in total. The summed E-state index contributed by atoms with van der Waals surface area (Å²) in [6.07, 6.45) is 2.10. The highest BCUT2D eigenvalue weighted by molar-refractivity contribution is 7.09. The lowest BCUT2D eigenvalue weighted by Crippen LogP contribution is -2.21. The molecule has 0 fully saturated rings. The molecule has 2 aromatic rings. The first-order valence-corrected chi connectivity index (χ1v) is 7.65. The maximum absolute atomic E-state index is 5.67. The largest absolute Gasteiger partial charge is 0.330 e. The molecule has 1 aromatic heterocycles. The maximum atomic E-state index is 5.67. The Morgan fingerprint density at radius 2 is 1.84 bits per heavy atom. The predicted molar refractivity (Wildman–Crippen MR) is 83.6 cm³/mol. The van der Waals surface area contributed by atoms with Crippen molar-refractivity contribution in [2.24, 2.45) is 5.73 Å². The zero-order chi connectivity index (χ0) is 13.5. The van der Waals surface area contributed by atoms with Crippen LogP contribution in [-0.4, -0.2) is 25.0 Å². The normalized spacial score (nSPS) is 11.1. The molecule has 0 radical (unpaired) electrons. The van der Waals surface area contributed by atoms with Gasteiger partial charge in [0.15, 0.2) is 0 Å². The van der Waals surface area contributed by atoms with E-state index in [-0.39, 0.29) is 0 Å². The van der Waals surface area contributed by atoms with Crippen molar-refractivity contribution in [2.75, 3.05) is 20.1 Å². The van der Waals surface area contributed by atoms with E-state index in [1.165, 1.54) is 16.0 Å². The van der Waals surface area contributed by atoms with Crippen LogP contribution < -0.4 is 5.73 Å². The smallest absolute Gasteiger partial charge is 0.0233 e. The van der Waals surface area contributed by atoms with E-state index in [0.29, 0.717) is 0 Å². The van der Waals surface area contributed by atoms with Crippen molar-refractivity contribution >= 4 is 11.3 Å². The highest BCUT2D eigenvalue weighted by Crippen LogP contribution is 2.13. The number of rotatable bonds is 7. The Balaban J connectivity index is 1.89. The van der Waals surface area contributed by atoms with E-state index in [9.17, 15) is 0 Å². The van der Waals surface area contributed by atoms with Gasteiger partial charge in [0.1, 0.15) is 0 Å². The van der Waals surface area contributed by atoms with Crippen LogP contribution in [0.1, 0.15) is 16.0 Å². The lowest BCUT2D eigenvalue weighted by molar-refractivity contribution is 0.331. The zero-order valence-corrected chi connectivity index (χ0v) is 12.3. The molecule has 0 aliphatic rings. The first-order chi connectivity index (χ1) is 9.29. The molecule has 19 heavy (non-hydrogen) atoms. The van der Waals surface area contributed by atoms with Crippen LogP contribution in [0.4, 0.5) is 0 Å². The third-order valence-corrected chi connectivity index (χ3v) is 4.23. The number of likely N-dealkylation sites (N-methyl/N-ethyl adjacent to an activating group) is 1. The molecule has 0 aliphatic heterocycles. The molecule has 0 bridgehead atoms. The molecule has 102 valence electrons. The molecule has 0 saturated heterocycles. The van der Waals surface area contributed by atoms with Crippen molar-refractivity contribution in [3.63, 3.8) is 0 Å². The summed E-state index contributed by atoms with van der Waals surface area (Å²) in [5, 5.41) is 2.14. The molecule has 0 unspecified atom stereocenters. The van der Waals surface area contributed by atoms with Crippen molar-refractivity contribution in [1.29, 1.82) is 0 Å². The lowest BCUT2D eigenvalue weighted by Gasteiger charge is -2.18. The van der Waals surface area contributed by atoms with Crippen molar-refractivity contribution < 1.29 is 0 Å². The lowest BCUT2D eigenvalue weighted by atomic mass is 10.0. The van der Waals surface area contributed by atoms with Gasteiger partial charge in [-0.1, -0.05) is 30.3 Å². The van der Waals surface area contributed by atoms with E-state index < -0.39 is 0 Å². The van der Waals surface area contributed by atoms with Crippen molar-refractivity contribution in [1.82, 2.24) is 4.90 Å². The summed E-state index contributed by atoms with van der Waals surface area (Å²) in [4.78, 5) is 3.84. The van der Waals surface area contributed by atoms with Gasteiger partial charge in [0.25, 0.3) is 0 Å². The number of hydrogen-bond acceptors (Lipinski definition) is 3. The monoisotopic (exact) mass is 274 g/mol. The summed E-state index contributed by atoms with van der Waals surface area (Å²) in [6.45, 7) is 2.81. The van der Waals surface area contributed by atoms with Gasteiger partial charge < -0.3 is 10.6 Å². The average molecular weight is 274 g/mol. The van der Waals surface area contributed by atoms with Crippen LogP contribution in [0, 0.1) is 0 Å². The maximum Gasteiger partial charge on any atom is 0.0233 e. The van der Waals surface area contributed by atoms with Crippen LogP contribution in [0.15, 0.2) is 41.8 Å². The van der Waals surface area contributed by atoms with Gasteiger partial charge in [-0.05, 0) is 49.0 Å². The van der Waals surface area contributed by atoms with Crippen LogP contribution in [0.5, 0.6) is 0 Å². The summed E-state index contributed by atoms with van der Waals surface area (Å²) in [7, 11) is 2.19. The Morgan fingerprint density at radius 3 is 2.53 bits per heavy atom. The third kappa shape index (κ3) is 4.46. The van der Waals surface area contributed by atoms with Crippen molar-refractivity contribution in [3.8, 4) is 0 Å². The predicted octanol–water partition coefficient (Wildman–Crippen LogP) is 2.92. The number of nitrogens with two attached hydrogens (primary N) is 1. The molecule has 0 spiro atoms. The van der Waals surface area contributed by atoms with E-state index in [1.807, 2.05) is 11.3 Å². The summed E-state index contributed by atoms with van der Waals surface area (Å²) >= 11 is 1.84. The first-order valence-electron chi connectivity index (χ1n) is 6.77. The van der Waals surface area contributed by atoms with Crippen LogP contribution in [0.25, 0.3) is 0 Å². The highest BCUT2D eigenvalue weighted by atomic mass is 32.1. The summed E-state index contributed by atoms with van der Waals surface area (Å²) < 4.78 is 0. The van der Waals surface area contributed by atoms with E-state index in [2.05, 4.69) is 53.7 Å². The van der Waals surface area contributed by atoms with Crippen LogP contribution in [0.3, 0.4) is 0 Å². The van der Waals surface area contributed by atoms with Crippen LogP contribution in [-0.2, 0) is 19.4 Å². The number of thiophene rings is 1. The third-order valence-electron chi connectivity index (χ3n) is 3.29. The molecular formula is C16H22N2S. The fourth-order valence-corrected chi connectivity index (χ4v) is 2.94. The van der Waals surface area contributed by atoms with E-state index in [4.69, 9.17) is 5.73 Å². The standard InChI is InChI=1S/C16H22N2S/c1-18(11-9-16-7-4-12-19-16)13-15-6-3-2-5-14(15)8-10-17/h2-7,12H,8-11,13,17H2,1H3. The number of benzene rings is 1. The van der Waals surface area contributed by atoms with Gasteiger partial charge in [-0.2, -0.15) is 0 Å². The quantitative estimate of drug-likeness (QED) is 0.841. The Morgan fingerprint density at radius 1 is 1.05 bits per heavy atom. The number of nitrogens with zero attached hydrogens (tertiary/aromatic N) is 1. The minimum absolute atomic E-state index is 0.718. The molecule has 1 aromatic carbocycles. The molecule has 0 saturated carbocycles. The Kier molecular flexibility index (Phi) is 5.58. The topological polar surface area (TPSA) is 29.3 Å². The van der Waals surface area contributed by atoms with Crippen LogP contribution in [0.2, 0.25) is 0 Å². The fraction of sp³-hybridized carbons (Fsp3) is 0.375. The number of hydrogen-bond donors (Lipinski definition) is 1. The fourth-order valence-electron chi connectivity index (χ4n) is 2.24. The summed E-state index contributed by atoms with van der Waals surface area (Å²) in [6, 6.07) is 12.9. The Bertz CT molecular complexity index is 479. The van der Waals surface area contributed by atoms with Crippen molar-refractivity contribution in [2.45, 2.75) is 19.4 Å². The van der Waals surface area contributed by atoms with E-state index >= 15 is 0 Å². The van der Waals surface area contributed by atoms with E-state index in [0.717, 1.165) is 32.5 Å². The minimum Gasteiger partial charge on any atom is -0.330 e. The SMILES string of the molecule is CN(CCc1cccs1)Cc1ccccc1CCN. The summed E-state index contributed by atoms with van der Waals surface area (Å²) in [5.74, 6) is 0. The second-order valence-corrected chi connectivity index (χ2v) is 5.91.